The average molecular weight is 272 g/mol. The molecule has 0 aliphatic heterocycles. The number of amides is 1. The molecule has 1 atom stereocenters. The smallest absolute Gasteiger partial charge is 0.408 e. The SMILES string of the molecule is CC(C)N(C(=O)O)[C@@H](CCO)c1ccccc1Cl. The first-order valence-electron chi connectivity index (χ1n) is 5.85. The highest BCUT2D eigenvalue weighted by atomic mass is 35.5. The van der Waals surface area contributed by atoms with Crippen LogP contribution in [0.15, 0.2) is 24.3 Å². The molecule has 1 rings (SSSR count). The van der Waals surface area contributed by atoms with Crippen molar-refractivity contribution in [2.24, 2.45) is 0 Å². The predicted octanol–water partition coefficient (Wildman–Crippen LogP) is 3.15. The summed E-state index contributed by atoms with van der Waals surface area (Å²) >= 11 is 6.11. The van der Waals surface area contributed by atoms with Crippen molar-refractivity contribution in [3.8, 4) is 0 Å². The molecule has 1 aromatic carbocycles. The molecule has 1 aromatic rings. The van der Waals surface area contributed by atoms with Gasteiger partial charge in [-0.25, -0.2) is 4.79 Å². The van der Waals surface area contributed by atoms with E-state index in [9.17, 15) is 9.90 Å². The summed E-state index contributed by atoms with van der Waals surface area (Å²) in [6.45, 7) is 3.51. The van der Waals surface area contributed by atoms with E-state index in [1.807, 2.05) is 6.07 Å². The fraction of sp³-hybridized carbons (Fsp3) is 0.462. The number of aliphatic hydroxyl groups is 1. The second-order valence-corrected chi connectivity index (χ2v) is 4.74. The van der Waals surface area contributed by atoms with Crippen LogP contribution in [0.1, 0.15) is 31.9 Å². The van der Waals surface area contributed by atoms with Crippen molar-refractivity contribution in [2.45, 2.75) is 32.4 Å². The molecule has 0 saturated carbocycles. The van der Waals surface area contributed by atoms with Crippen molar-refractivity contribution in [1.29, 1.82) is 0 Å². The van der Waals surface area contributed by atoms with Crippen LogP contribution in [0.3, 0.4) is 0 Å². The Balaban J connectivity index is 3.16. The second-order valence-electron chi connectivity index (χ2n) is 4.33. The Bertz CT molecular complexity index is 409. The minimum atomic E-state index is -1.01. The fourth-order valence-electron chi connectivity index (χ4n) is 2.03. The Morgan fingerprint density at radius 1 is 1.39 bits per heavy atom. The van der Waals surface area contributed by atoms with Crippen molar-refractivity contribution in [1.82, 2.24) is 4.90 Å². The molecule has 4 nitrogen and oxygen atoms in total. The third-order valence-corrected chi connectivity index (χ3v) is 3.12. The zero-order chi connectivity index (χ0) is 13.7. The first kappa shape index (κ1) is 14.8. The number of carboxylic acid groups (broad SMARTS) is 1. The quantitative estimate of drug-likeness (QED) is 0.865. The van der Waals surface area contributed by atoms with E-state index in [1.54, 1.807) is 32.0 Å². The van der Waals surface area contributed by atoms with Crippen LogP contribution in [0.5, 0.6) is 0 Å². The van der Waals surface area contributed by atoms with Crippen molar-refractivity contribution in [2.75, 3.05) is 6.61 Å². The Labute approximate surface area is 112 Å². The van der Waals surface area contributed by atoms with Crippen LogP contribution in [-0.2, 0) is 0 Å². The maximum absolute atomic E-state index is 11.3. The highest BCUT2D eigenvalue weighted by molar-refractivity contribution is 6.31. The summed E-state index contributed by atoms with van der Waals surface area (Å²) in [4.78, 5) is 12.7. The van der Waals surface area contributed by atoms with Crippen LogP contribution in [0.4, 0.5) is 4.79 Å². The van der Waals surface area contributed by atoms with Gasteiger partial charge in [-0.05, 0) is 31.9 Å². The molecule has 5 heteroatoms. The van der Waals surface area contributed by atoms with Gasteiger partial charge in [-0.2, -0.15) is 0 Å². The monoisotopic (exact) mass is 271 g/mol. The lowest BCUT2D eigenvalue weighted by molar-refractivity contribution is 0.0959. The summed E-state index contributed by atoms with van der Waals surface area (Å²) < 4.78 is 0. The van der Waals surface area contributed by atoms with Crippen LogP contribution < -0.4 is 0 Å². The summed E-state index contributed by atoms with van der Waals surface area (Å²) in [5.74, 6) is 0. The number of rotatable bonds is 5. The Kier molecular flexibility index (Phi) is 5.44. The Hall–Kier alpha value is -1.26. The van der Waals surface area contributed by atoms with Gasteiger partial charge in [0.1, 0.15) is 0 Å². The van der Waals surface area contributed by atoms with Crippen LogP contribution in [0.2, 0.25) is 5.02 Å². The molecule has 0 spiro atoms. The minimum absolute atomic E-state index is 0.0909. The second kappa shape index (κ2) is 6.61. The zero-order valence-corrected chi connectivity index (χ0v) is 11.3. The maximum atomic E-state index is 11.3. The normalized spacial score (nSPS) is 12.5. The molecule has 2 N–H and O–H groups in total. The molecule has 0 aliphatic rings. The molecule has 0 fully saturated rings. The largest absolute Gasteiger partial charge is 0.465 e. The van der Waals surface area contributed by atoms with Crippen molar-refractivity contribution < 1.29 is 15.0 Å². The number of carbonyl (C=O) groups is 1. The molecule has 0 bridgehead atoms. The van der Waals surface area contributed by atoms with E-state index < -0.39 is 12.1 Å². The molecular weight excluding hydrogens is 254 g/mol. The summed E-state index contributed by atoms with van der Waals surface area (Å²) in [6, 6.07) is 6.51. The Morgan fingerprint density at radius 2 is 2.00 bits per heavy atom. The number of hydrogen-bond donors (Lipinski definition) is 2. The van der Waals surface area contributed by atoms with Gasteiger partial charge in [-0.15, -0.1) is 0 Å². The van der Waals surface area contributed by atoms with E-state index in [1.165, 1.54) is 4.90 Å². The predicted molar refractivity (Wildman–Crippen MR) is 70.9 cm³/mol. The van der Waals surface area contributed by atoms with Gasteiger partial charge in [0.2, 0.25) is 0 Å². The third kappa shape index (κ3) is 3.37. The van der Waals surface area contributed by atoms with E-state index in [0.717, 1.165) is 5.56 Å². The lowest BCUT2D eigenvalue weighted by atomic mass is 10.0. The van der Waals surface area contributed by atoms with E-state index in [2.05, 4.69) is 0 Å². The number of nitrogens with zero attached hydrogens (tertiary/aromatic N) is 1. The highest BCUT2D eigenvalue weighted by Crippen LogP contribution is 2.31. The first-order chi connectivity index (χ1) is 8.49. The summed E-state index contributed by atoms with van der Waals surface area (Å²) in [6.07, 6.45) is -0.683. The van der Waals surface area contributed by atoms with Gasteiger partial charge in [0.25, 0.3) is 0 Å². The summed E-state index contributed by atoms with van der Waals surface area (Å²) in [5.41, 5.74) is 0.726. The molecule has 100 valence electrons. The van der Waals surface area contributed by atoms with Crippen LogP contribution in [0.25, 0.3) is 0 Å². The standard InChI is InChI=1S/C13H18ClNO3/c1-9(2)15(13(17)18)12(7-8-16)10-5-3-4-6-11(10)14/h3-6,9,12,16H,7-8H2,1-2H3,(H,17,18)/t12-/m0/s1. The molecule has 0 radical (unpaired) electrons. The summed E-state index contributed by atoms with van der Waals surface area (Å²) in [5, 5.41) is 18.9. The summed E-state index contributed by atoms with van der Waals surface area (Å²) in [7, 11) is 0. The van der Waals surface area contributed by atoms with Gasteiger partial charge < -0.3 is 10.2 Å². The van der Waals surface area contributed by atoms with E-state index >= 15 is 0 Å². The number of aliphatic hydroxyl groups excluding tert-OH is 1. The Morgan fingerprint density at radius 3 is 2.44 bits per heavy atom. The van der Waals surface area contributed by atoms with Gasteiger partial charge in [0.15, 0.2) is 0 Å². The molecule has 0 unspecified atom stereocenters. The topological polar surface area (TPSA) is 60.8 Å². The molecule has 0 aliphatic carbocycles. The minimum Gasteiger partial charge on any atom is -0.465 e. The van der Waals surface area contributed by atoms with Crippen LogP contribution in [0, 0.1) is 0 Å². The highest BCUT2D eigenvalue weighted by Gasteiger charge is 2.28. The molecule has 0 heterocycles. The van der Waals surface area contributed by atoms with E-state index in [0.29, 0.717) is 11.4 Å². The van der Waals surface area contributed by atoms with Crippen molar-refractivity contribution in [3.63, 3.8) is 0 Å². The van der Waals surface area contributed by atoms with Gasteiger partial charge in [-0.3, -0.25) is 4.90 Å². The number of benzene rings is 1. The zero-order valence-electron chi connectivity index (χ0n) is 10.5. The molecular formula is C13H18ClNO3. The van der Waals surface area contributed by atoms with Gasteiger partial charge >= 0.3 is 6.09 Å². The van der Waals surface area contributed by atoms with E-state index in [-0.39, 0.29) is 12.6 Å². The average Bonchev–Trinajstić information content (AvgIpc) is 2.28. The first-order valence-corrected chi connectivity index (χ1v) is 6.23. The van der Waals surface area contributed by atoms with Crippen LogP contribution in [-0.4, -0.2) is 33.9 Å². The molecule has 1 amide bonds. The van der Waals surface area contributed by atoms with Gasteiger partial charge in [0.05, 0.1) is 6.04 Å². The lowest BCUT2D eigenvalue weighted by Gasteiger charge is -2.33. The lowest BCUT2D eigenvalue weighted by Crippen LogP contribution is -2.39. The van der Waals surface area contributed by atoms with E-state index in [4.69, 9.17) is 16.7 Å². The van der Waals surface area contributed by atoms with Crippen LogP contribution >= 0.6 is 11.6 Å². The third-order valence-electron chi connectivity index (χ3n) is 2.78. The van der Waals surface area contributed by atoms with Gasteiger partial charge in [-0.1, -0.05) is 29.8 Å². The number of hydrogen-bond acceptors (Lipinski definition) is 2. The van der Waals surface area contributed by atoms with Crippen molar-refractivity contribution in [3.05, 3.63) is 34.9 Å². The number of halogens is 1. The van der Waals surface area contributed by atoms with Gasteiger partial charge in [0, 0.05) is 17.7 Å². The molecule has 18 heavy (non-hydrogen) atoms. The maximum Gasteiger partial charge on any atom is 0.408 e. The van der Waals surface area contributed by atoms with Crippen molar-refractivity contribution >= 4 is 17.7 Å². The fourth-order valence-corrected chi connectivity index (χ4v) is 2.29. The molecule has 0 saturated heterocycles. The molecule has 0 aromatic heterocycles.